The molecule has 2 rings (SSSR count). The molecule has 21 heavy (non-hydrogen) atoms. The molecule has 1 amide bonds. The lowest BCUT2D eigenvalue weighted by molar-refractivity contribution is 0.0663. The predicted molar refractivity (Wildman–Crippen MR) is 85.6 cm³/mol. The Morgan fingerprint density at radius 2 is 2.00 bits per heavy atom. The number of aromatic nitrogens is 1. The summed E-state index contributed by atoms with van der Waals surface area (Å²) in [6, 6.07) is 1.91. The van der Waals surface area contributed by atoms with Crippen molar-refractivity contribution >= 4 is 11.6 Å². The van der Waals surface area contributed by atoms with Gasteiger partial charge in [0.05, 0.1) is 11.3 Å². The molecule has 0 aromatic carbocycles. The van der Waals surface area contributed by atoms with E-state index in [4.69, 9.17) is 0 Å². The number of carbonyl (C=O) groups excluding carboxylic acids is 1. The molecule has 1 aliphatic heterocycles. The van der Waals surface area contributed by atoms with Gasteiger partial charge in [-0.2, -0.15) is 0 Å². The topological polar surface area (TPSA) is 48.5 Å². The number of hydrogen-bond acceptors (Lipinski definition) is 4. The Balaban J connectivity index is 1.94. The molecular formula is C16H26N4O. The Hall–Kier alpha value is -1.62. The Bertz CT molecular complexity index is 467. The third-order valence-corrected chi connectivity index (χ3v) is 3.83. The smallest absolute Gasteiger partial charge is 0.255 e. The van der Waals surface area contributed by atoms with Gasteiger partial charge in [-0.05, 0) is 25.5 Å². The van der Waals surface area contributed by atoms with Gasteiger partial charge in [-0.25, -0.2) is 0 Å². The molecule has 0 unspecified atom stereocenters. The molecule has 0 radical (unpaired) electrons. The van der Waals surface area contributed by atoms with Crippen LogP contribution in [0.3, 0.4) is 0 Å². The molecule has 1 saturated heterocycles. The number of anilines is 1. The minimum Gasteiger partial charge on any atom is -0.384 e. The van der Waals surface area contributed by atoms with Crippen LogP contribution >= 0.6 is 0 Å². The molecule has 116 valence electrons. The van der Waals surface area contributed by atoms with E-state index in [1.807, 2.05) is 11.0 Å². The molecule has 5 heteroatoms. The molecule has 1 aromatic heterocycles. The summed E-state index contributed by atoms with van der Waals surface area (Å²) in [5.41, 5.74) is 1.60. The van der Waals surface area contributed by atoms with Crippen molar-refractivity contribution in [2.45, 2.75) is 20.3 Å². The summed E-state index contributed by atoms with van der Waals surface area (Å²) in [5, 5.41) is 3.34. The van der Waals surface area contributed by atoms with E-state index >= 15 is 0 Å². The van der Waals surface area contributed by atoms with Crippen molar-refractivity contribution < 1.29 is 4.79 Å². The molecule has 0 aliphatic carbocycles. The zero-order valence-corrected chi connectivity index (χ0v) is 13.3. The highest BCUT2D eigenvalue weighted by Crippen LogP contribution is 2.13. The molecule has 2 heterocycles. The zero-order chi connectivity index (χ0) is 15.2. The molecule has 1 fully saturated rings. The van der Waals surface area contributed by atoms with E-state index in [2.05, 4.69) is 36.1 Å². The van der Waals surface area contributed by atoms with Gasteiger partial charge in [-0.1, -0.05) is 13.8 Å². The Morgan fingerprint density at radius 3 is 2.67 bits per heavy atom. The number of amides is 1. The minimum absolute atomic E-state index is 0.0862. The number of nitrogens with zero attached hydrogens (tertiary/aromatic N) is 3. The van der Waals surface area contributed by atoms with E-state index in [1.165, 1.54) is 0 Å². The summed E-state index contributed by atoms with van der Waals surface area (Å²) < 4.78 is 0. The quantitative estimate of drug-likeness (QED) is 0.900. The van der Waals surface area contributed by atoms with Gasteiger partial charge in [-0.15, -0.1) is 0 Å². The maximum Gasteiger partial charge on any atom is 0.255 e. The van der Waals surface area contributed by atoms with Gasteiger partial charge in [0, 0.05) is 45.1 Å². The first-order valence-electron chi connectivity index (χ1n) is 7.73. The lowest BCUT2D eigenvalue weighted by atomic mass is 10.1. The highest BCUT2D eigenvalue weighted by atomic mass is 16.2. The maximum absolute atomic E-state index is 12.5. The van der Waals surface area contributed by atoms with Crippen molar-refractivity contribution in [1.29, 1.82) is 0 Å². The minimum atomic E-state index is 0.0862. The monoisotopic (exact) mass is 290 g/mol. The van der Waals surface area contributed by atoms with E-state index in [0.717, 1.165) is 44.8 Å². The van der Waals surface area contributed by atoms with Gasteiger partial charge < -0.3 is 15.1 Å². The van der Waals surface area contributed by atoms with Crippen molar-refractivity contribution in [3.05, 3.63) is 24.0 Å². The van der Waals surface area contributed by atoms with E-state index in [9.17, 15) is 4.79 Å². The molecule has 0 spiro atoms. The number of hydrogen-bond donors (Lipinski definition) is 1. The molecule has 0 bridgehead atoms. The largest absolute Gasteiger partial charge is 0.384 e. The Kier molecular flexibility index (Phi) is 5.56. The molecule has 0 saturated carbocycles. The second-order valence-electron chi connectivity index (χ2n) is 6.17. The summed E-state index contributed by atoms with van der Waals surface area (Å²) >= 11 is 0. The predicted octanol–water partition coefficient (Wildman–Crippen LogP) is 1.93. The summed E-state index contributed by atoms with van der Waals surface area (Å²) in [6.45, 7) is 8.77. The molecular weight excluding hydrogens is 264 g/mol. The van der Waals surface area contributed by atoms with Gasteiger partial charge in [0.1, 0.15) is 0 Å². The zero-order valence-electron chi connectivity index (χ0n) is 13.3. The maximum atomic E-state index is 12.5. The summed E-state index contributed by atoms with van der Waals surface area (Å²) in [6.07, 6.45) is 4.55. The Morgan fingerprint density at radius 1 is 1.29 bits per heavy atom. The van der Waals surface area contributed by atoms with Crippen LogP contribution in [0, 0.1) is 5.92 Å². The summed E-state index contributed by atoms with van der Waals surface area (Å²) in [7, 11) is 2.09. The van der Waals surface area contributed by atoms with E-state index in [0.29, 0.717) is 11.5 Å². The number of pyridine rings is 1. The fraction of sp³-hybridized carbons (Fsp3) is 0.625. The summed E-state index contributed by atoms with van der Waals surface area (Å²) in [5.74, 6) is 0.753. The average Bonchev–Trinajstić information content (AvgIpc) is 2.47. The highest BCUT2D eigenvalue weighted by molar-refractivity contribution is 5.94. The van der Waals surface area contributed by atoms with Crippen molar-refractivity contribution in [2.75, 3.05) is 45.1 Å². The first kappa shape index (κ1) is 15.8. The molecule has 5 nitrogen and oxygen atoms in total. The lowest BCUT2D eigenvalue weighted by Crippen LogP contribution is -2.47. The van der Waals surface area contributed by atoms with Gasteiger partial charge >= 0.3 is 0 Å². The van der Waals surface area contributed by atoms with Crippen LogP contribution in [0.4, 0.5) is 5.69 Å². The number of rotatable bonds is 5. The first-order valence-corrected chi connectivity index (χ1v) is 7.73. The molecule has 1 aliphatic rings. The van der Waals surface area contributed by atoms with Crippen molar-refractivity contribution in [2.24, 2.45) is 5.92 Å². The molecule has 0 atom stereocenters. The molecule has 1 N–H and O–H groups in total. The van der Waals surface area contributed by atoms with Crippen LogP contribution in [0.15, 0.2) is 18.5 Å². The average molecular weight is 290 g/mol. The highest BCUT2D eigenvalue weighted by Gasteiger charge is 2.20. The van der Waals surface area contributed by atoms with Crippen LogP contribution in [0.25, 0.3) is 0 Å². The van der Waals surface area contributed by atoms with Gasteiger partial charge in [0.25, 0.3) is 5.91 Å². The standard InChI is InChI=1S/C16H26N4O/c1-13(2)4-5-18-15-10-14(11-17-12-15)16(21)20-8-6-19(3)7-9-20/h10-13,18H,4-9H2,1-3H3. The summed E-state index contributed by atoms with van der Waals surface area (Å²) in [4.78, 5) is 20.8. The van der Waals surface area contributed by atoms with Gasteiger partial charge in [0.15, 0.2) is 0 Å². The third kappa shape index (κ3) is 4.70. The number of likely N-dealkylation sites (N-methyl/N-ethyl adjacent to an activating group) is 1. The number of nitrogens with one attached hydrogen (secondary N) is 1. The van der Waals surface area contributed by atoms with Gasteiger partial charge in [0.2, 0.25) is 0 Å². The van der Waals surface area contributed by atoms with Crippen LogP contribution in [-0.2, 0) is 0 Å². The third-order valence-electron chi connectivity index (χ3n) is 3.83. The second-order valence-corrected chi connectivity index (χ2v) is 6.17. The van der Waals surface area contributed by atoms with Gasteiger partial charge in [-0.3, -0.25) is 9.78 Å². The molecule has 1 aromatic rings. The van der Waals surface area contributed by atoms with E-state index in [-0.39, 0.29) is 5.91 Å². The number of piperazine rings is 1. The van der Waals surface area contributed by atoms with Crippen LogP contribution in [-0.4, -0.2) is 60.5 Å². The first-order chi connectivity index (χ1) is 10.1. The lowest BCUT2D eigenvalue weighted by Gasteiger charge is -2.32. The van der Waals surface area contributed by atoms with Crippen LogP contribution in [0.5, 0.6) is 0 Å². The normalized spacial score (nSPS) is 16.3. The van der Waals surface area contributed by atoms with Crippen LogP contribution < -0.4 is 5.32 Å². The van der Waals surface area contributed by atoms with E-state index in [1.54, 1.807) is 12.4 Å². The number of carbonyl (C=O) groups is 1. The fourth-order valence-corrected chi connectivity index (χ4v) is 2.35. The Labute approximate surface area is 127 Å². The van der Waals surface area contributed by atoms with Crippen LogP contribution in [0.1, 0.15) is 30.6 Å². The van der Waals surface area contributed by atoms with Crippen molar-refractivity contribution in [3.8, 4) is 0 Å². The fourth-order valence-electron chi connectivity index (χ4n) is 2.35. The SMILES string of the molecule is CC(C)CCNc1cncc(C(=O)N2CCN(C)CC2)c1. The van der Waals surface area contributed by atoms with Crippen molar-refractivity contribution in [1.82, 2.24) is 14.8 Å². The second kappa shape index (κ2) is 7.41. The van der Waals surface area contributed by atoms with Crippen molar-refractivity contribution in [3.63, 3.8) is 0 Å². The van der Waals surface area contributed by atoms with Crippen LogP contribution in [0.2, 0.25) is 0 Å². The van der Waals surface area contributed by atoms with E-state index < -0.39 is 0 Å².